The predicted octanol–water partition coefficient (Wildman–Crippen LogP) is 1.10. The molecule has 0 unspecified atom stereocenters. The molecule has 0 aliphatic carbocycles. The first-order valence-electron chi connectivity index (χ1n) is 6.97. The Kier molecular flexibility index (Phi) is 8.61. The number of carboxylic acid groups (broad SMARTS) is 1. The molecule has 1 amide bonds. The number of esters is 1. The normalized spacial score (nSPS) is 12.6. The maximum atomic E-state index is 11.6. The SMILES string of the molecule is CCOCCCC(=O)N[C@@H](CC(=O)OC(C)(C)C)C(=O)O. The second-order valence-electron chi connectivity index (χ2n) is 5.55. The molecule has 0 saturated heterocycles. The van der Waals surface area contributed by atoms with Crippen molar-refractivity contribution in [1.82, 2.24) is 5.32 Å². The van der Waals surface area contributed by atoms with Gasteiger partial charge in [-0.25, -0.2) is 4.79 Å². The molecule has 7 nitrogen and oxygen atoms in total. The third-order valence-corrected chi connectivity index (χ3v) is 2.32. The second-order valence-corrected chi connectivity index (χ2v) is 5.55. The lowest BCUT2D eigenvalue weighted by molar-refractivity contribution is -0.158. The van der Waals surface area contributed by atoms with Gasteiger partial charge in [0, 0.05) is 19.6 Å². The van der Waals surface area contributed by atoms with Crippen LogP contribution in [-0.4, -0.2) is 47.8 Å². The van der Waals surface area contributed by atoms with Crippen LogP contribution < -0.4 is 5.32 Å². The molecule has 0 aliphatic heterocycles. The maximum absolute atomic E-state index is 11.6. The molecule has 7 heteroatoms. The highest BCUT2D eigenvalue weighted by molar-refractivity contribution is 5.87. The van der Waals surface area contributed by atoms with Crippen LogP contribution in [0.5, 0.6) is 0 Å². The van der Waals surface area contributed by atoms with Gasteiger partial charge in [0.15, 0.2) is 0 Å². The van der Waals surface area contributed by atoms with E-state index in [0.717, 1.165) is 0 Å². The quantitative estimate of drug-likeness (QED) is 0.488. The van der Waals surface area contributed by atoms with Crippen molar-refractivity contribution < 1.29 is 29.0 Å². The molecule has 1 atom stereocenters. The topological polar surface area (TPSA) is 102 Å². The van der Waals surface area contributed by atoms with E-state index in [-0.39, 0.29) is 6.42 Å². The number of amides is 1. The van der Waals surface area contributed by atoms with E-state index < -0.39 is 35.9 Å². The second kappa shape index (κ2) is 9.33. The Morgan fingerprint density at radius 1 is 1.24 bits per heavy atom. The molecule has 0 spiro atoms. The third-order valence-electron chi connectivity index (χ3n) is 2.32. The predicted molar refractivity (Wildman–Crippen MR) is 75.8 cm³/mol. The average Bonchev–Trinajstić information content (AvgIpc) is 2.31. The summed E-state index contributed by atoms with van der Waals surface area (Å²) in [6, 6.07) is -1.28. The first kappa shape index (κ1) is 19.4. The average molecular weight is 303 g/mol. The van der Waals surface area contributed by atoms with Gasteiger partial charge >= 0.3 is 11.9 Å². The monoisotopic (exact) mass is 303 g/mol. The first-order chi connectivity index (χ1) is 9.65. The molecule has 122 valence electrons. The van der Waals surface area contributed by atoms with Crippen LogP contribution in [0.3, 0.4) is 0 Å². The van der Waals surface area contributed by atoms with E-state index in [0.29, 0.717) is 19.6 Å². The fraction of sp³-hybridized carbons (Fsp3) is 0.786. The van der Waals surface area contributed by atoms with Gasteiger partial charge in [-0.3, -0.25) is 9.59 Å². The summed E-state index contributed by atoms with van der Waals surface area (Å²) in [5.41, 5.74) is -0.693. The summed E-state index contributed by atoms with van der Waals surface area (Å²) in [5, 5.41) is 11.3. The van der Waals surface area contributed by atoms with E-state index >= 15 is 0 Å². The van der Waals surface area contributed by atoms with Gasteiger partial charge in [0.25, 0.3) is 0 Å². The lowest BCUT2D eigenvalue weighted by atomic mass is 10.1. The minimum atomic E-state index is -1.28. The fourth-order valence-corrected chi connectivity index (χ4v) is 1.50. The molecule has 0 aromatic rings. The molecular weight excluding hydrogens is 278 g/mol. The van der Waals surface area contributed by atoms with Gasteiger partial charge in [0.1, 0.15) is 11.6 Å². The molecule has 0 bridgehead atoms. The number of hydrogen-bond donors (Lipinski definition) is 2. The van der Waals surface area contributed by atoms with Crippen molar-refractivity contribution in [2.75, 3.05) is 13.2 Å². The zero-order valence-electron chi connectivity index (χ0n) is 13.1. The van der Waals surface area contributed by atoms with Crippen LogP contribution in [0.25, 0.3) is 0 Å². The Morgan fingerprint density at radius 2 is 1.86 bits per heavy atom. The molecule has 0 aromatic carbocycles. The fourth-order valence-electron chi connectivity index (χ4n) is 1.50. The van der Waals surface area contributed by atoms with Crippen LogP contribution in [0.15, 0.2) is 0 Å². The lowest BCUT2D eigenvalue weighted by Crippen LogP contribution is -2.43. The number of rotatable bonds is 9. The molecule has 0 saturated carbocycles. The molecule has 2 N–H and O–H groups in total. The zero-order chi connectivity index (χ0) is 16.5. The van der Waals surface area contributed by atoms with Crippen molar-refractivity contribution in [3.05, 3.63) is 0 Å². The Bertz CT molecular complexity index is 361. The van der Waals surface area contributed by atoms with Gasteiger partial charge in [-0.2, -0.15) is 0 Å². The van der Waals surface area contributed by atoms with Crippen LogP contribution >= 0.6 is 0 Å². The van der Waals surface area contributed by atoms with Gasteiger partial charge in [0.2, 0.25) is 5.91 Å². The Labute approximate surface area is 125 Å². The van der Waals surface area contributed by atoms with Crippen molar-refractivity contribution >= 4 is 17.8 Å². The van der Waals surface area contributed by atoms with Gasteiger partial charge < -0.3 is 19.9 Å². The molecule has 0 aliphatic rings. The summed E-state index contributed by atoms with van der Waals surface area (Å²) in [6.45, 7) is 7.92. The van der Waals surface area contributed by atoms with E-state index in [2.05, 4.69) is 5.32 Å². The number of ether oxygens (including phenoxy) is 2. The van der Waals surface area contributed by atoms with Gasteiger partial charge in [0.05, 0.1) is 6.42 Å². The first-order valence-corrected chi connectivity index (χ1v) is 6.97. The Hall–Kier alpha value is -1.63. The van der Waals surface area contributed by atoms with Crippen molar-refractivity contribution in [3.8, 4) is 0 Å². The van der Waals surface area contributed by atoms with E-state index in [9.17, 15) is 14.4 Å². The molecule has 0 heterocycles. The number of hydrogen-bond acceptors (Lipinski definition) is 5. The molecule has 0 fully saturated rings. The number of carboxylic acids is 1. The van der Waals surface area contributed by atoms with Crippen molar-refractivity contribution in [3.63, 3.8) is 0 Å². The number of nitrogens with one attached hydrogen (secondary N) is 1. The smallest absolute Gasteiger partial charge is 0.326 e. The van der Waals surface area contributed by atoms with Crippen molar-refractivity contribution in [2.45, 2.75) is 58.6 Å². The summed E-state index contributed by atoms with van der Waals surface area (Å²) in [6.07, 6.45) is 0.250. The van der Waals surface area contributed by atoms with Crippen molar-refractivity contribution in [2.24, 2.45) is 0 Å². The van der Waals surface area contributed by atoms with E-state index in [4.69, 9.17) is 14.6 Å². The maximum Gasteiger partial charge on any atom is 0.326 e. The summed E-state index contributed by atoms with van der Waals surface area (Å²) in [7, 11) is 0. The molecule has 0 aromatic heterocycles. The van der Waals surface area contributed by atoms with Gasteiger partial charge in [-0.1, -0.05) is 0 Å². The van der Waals surface area contributed by atoms with Crippen LogP contribution in [-0.2, 0) is 23.9 Å². The van der Waals surface area contributed by atoms with Crippen LogP contribution in [0, 0.1) is 0 Å². The third kappa shape index (κ3) is 10.8. The van der Waals surface area contributed by atoms with Crippen molar-refractivity contribution in [1.29, 1.82) is 0 Å². The highest BCUT2D eigenvalue weighted by atomic mass is 16.6. The lowest BCUT2D eigenvalue weighted by Gasteiger charge is -2.21. The summed E-state index contributed by atoms with van der Waals surface area (Å²) < 4.78 is 10.1. The van der Waals surface area contributed by atoms with E-state index in [1.165, 1.54) is 0 Å². The zero-order valence-corrected chi connectivity index (χ0v) is 13.1. The number of aliphatic carboxylic acids is 1. The summed E-state index contributed by atoms with van der Waals surface area (Å²) in [4.78, 5) is 34.3. The van der Waals surface area contributed by atoms with Crippen LogP contribution in [0.1, 0.15) is 47.0 Å². The van der Waals surface area contributed by atoms with Crippen LogP contribution in [0.4, 0.5) is 0 Å². The highest BCUT2D eigenvalue weighted by Gasteiger charge is 2.26. The summed E-state index contributed by atoms with van der Waals surface area (Å²) in [5.74, 6) is -2.35. The largest absolute Gasteiger partial charge is 0.480 e. The molecule has 0 rings (SSSR count). The van der Waals surface area contributed by atoms with Crippen LogP contribution in [0.2, 0.25) is 0 Å². The molecule has 0 radical (unpaired) electrons. The molecule has 21 heavy (non-hydrogen) atoms. The minimum Gasteiger partial charge on any atom is -0.480 e. The Morgan fingerprint density at radius 3 is 2.33 bits per heavy atom. The highest BCUT2D eigenvalue weighted by Crippen LogP contribution is 2.09. The van der Waals surface area contributed by atoms with E-state index in [1.54, 1.807) is 20.8 Å². The van der Waals surface area contributed by atoms with Gasteiger partial charge in [-0.05, 0) is 34.1 Å². The molecular formula is C14H25NO6. The number of carbonyl (C=O) groups is 3. The number of carbonyl (C=O) groups excluding carboxylic acids is 2. The Balaban J connectivity index is 4.27. The van der Waals surface area contributed by atoms with Gasteiger partial charge in [-0.15, -0.1) is 0 Å². The summed E-state index contributed by atoms with van der Waals surface area (Å²) >= 11 is 0. The standard InChI is InChI=1S/C14H25NO6/c1-5-20-8-6-7-11(16)15-10(13(18)19)9-12(17)21-14(2,3)4/h10H,5-9H2,1-4H3,(H,15,16)(H,18,19)/t10-/m0/s1. The minimum absolute atomic E-state index is 0.151. The van der Waals surface area contributed by atoms with E-state index in [1.807, 2.05) is 6.92 Å².